The maximum absolute atomic E-state index is 11.1. The van der Waals surface area contributed by atoms with Crippen molar-refractivity contribution >= 4 is 17.3 Å². The molecule has 1 unspecified atom stereocenters. The Morgan fingerprint density at radius 1 is 1.05 bits per heavy atom. The van der Waals surface area contributed by atoms with Gasteiger partial charge in [0.15, 0.2) is 0 Å². The van der Waals surface area contributed by atoms with Crippen LogP contribution in [0.15, 0.2) is 42.5 Å². The fraction of sp³-hybridized carbons (Fsp3) is 0.500. The Kier molecular flexibility index (Phi) is 12.6. The van der Waals surface area contributed by atoms with Gasteiger partial charge in [-0.2, -0.15) is 10.4 Å². The normalized spacial score (nSPS) is 16.3. The van der Waals surface area contributed by atoms with Crippen LogP contribution < -0.4 is 10.6 Å². The Hall–Kier alpha value is -2.93. The molecule has 3 N–H and O–H groups in total. The lowest BCUT2D eigenvalue weighted by Crippen LogP contribution is -2.49. The fourth-order valence-electron chi connectivity index (χ4n) is 5.59. The number of hydrogen-bond acceptors (Lipinski definition) is 7. The van der Waals surface area contributed by atoms with Crippen LogP contribution >= 0.6 is 11.6 Å². The summed E-state index contributed by atoms with van der Waals surface area (Å²) in [4.78, 5) is 6.94. The second kappa shape index (κ2) is 15.9. The third-order valence-corrected chi connectivity index (χ3v) is 7.99. The molecular formula is C32H46ClN7O. The number of halogens is 1. The summed E-state index contributed by atoms with van der Waals surface area (Å²) in [6.45, 7) is 12.4. The van der Waals surface area contributed by atoms with Gasteiger partial charge in [0.05, 0.1) is 29.6 Å². The van der Waals surface area contributed by atoms with Gasteiger partial charge in [-0.15, -0.1) is 0 Å². The zero-order valence-electron chi connectivity index (χ0n) is 25.3. The predicted octanol–water partition coefficient (Wildman–Crippen LogP) is 4.55. The van der Waals surface area contributed by atoms with E-state index in [1.54, 1.807) is 0 Å². The average molecular weight is 580 g/mol. The summed E-state index contributed by atoms with van der Waals surface area (Å²) in [5, 5.41) is 26.4. The first-order chi connectivity index (χ1) is 19.9. The van der Waals surface area contributed by atoms with Gasteiger partial charge in [0.1, 0.15) is 6.07 Å². The summed E-state index contributed by atoms with van der Waals surface area (Å²) >= 11 is 6.30. The van der Waals surface area contributed by atoms with Crippen LogP contribution in [0.25, 0.3) is 11.3 Å². The number of hydrogen-bond donors (Lipinski definition) is 2. The summed E-state index contributed by atoms with van der Waals surface area (Å²) in [6, 6.07) is 16.2. The minimum atomic E-state index is -0.511. The fourth-order valence-corrected chi connectivity index (χ4v) is 5.71. The van der Waals surface area contributed by atoms with Crippen LogP contribution in [-0.4, -0.2) is 84.2 Å². The van der Waals surface area contributed by atoms with E-state index >= 15 is 0 Å². The summed E-state index contributed by atoms with van der Waals surface area (Å²) in [5.41, 5.74) is 11.8. The third kappa shape index (κ3) is 8.09. The number of β-amino-alcohol motifs (C(OH)–C–C–N with tert-alkyl or cyclic N) is 1. The van der Waals surface area contributed by atoms with Gasteiger partial charge in [0.25, 0.3) is 0 Å². The van der Waals surface area contributed by atoms with Crippen molar-refractivity contribution in [2.24, 2.45) is 5.73 Å². The second-order valence-electron chi connectivity index (χ2n) is 10.3. The van der Waals surface area contributed by atoms with Gasteiger partial charge in [-0.25, -0.2) is 0 Å². The number of aliphatic hydroxyl groups excluding tert-OH is 1. The van der Waals surface area contributed by atoms with E-state index in [1.165, 1.54) is 18.3 Å². The average Bonchev–Trinajstić information content (AvgIpc) is 3.19. The Morgan fingerprint density at radius 3 is 2.44 bits per heavy atom. The molecule has 222 valence electrons. The van der Waals surface area contributed by atoms with E-state index in [1.807, 2.05) is 57.2 Å². The molecule has 3 aromatic rings. The molecule has 41 heavy (non-hydrogen) atoms. The topological polar surface area (TPSA) is 97.6 Å². The van der Waals surface area contributed by atoms with Gasteiger partial charge in [0, 0.05) is 61.1 Å². The molecule has 0 aliphatic carbocycles. The minimum absolute atomic E-state index is 0.482. The van der Waals surface area contributed by atoms with E-state index in [0.29, 0.717) is 18.7 Å². The van der Waals surface area contributed by atoms with Crippen molar-refractivity contribution < 1.29 is 5.11 Å². The largest absolute Gasteiger partial charge is 0.390 e. The number of rotatable bonds is 6. The van der Waals surface area contributed by atoms with Crippen molar-refractivity contribution in [1.82, 2.24) is 19.6 Å². The van der Waals surface area contributed by atoms with Crippen LogP contribution in [0.1, 0.15) is 42.7 Å². The molecule has 1 atom stereocenters. The standard InChI is InChI=1S/C29H35ClN6O.C2H6.CH5N/c1-21-16-22(9-10-26(21)30)29-25-20-33(2)11-5-8-28(25)36(32-29)19-24(37)18-34-12-14-35(15-13-34)27-7-4-3-6-23(27)17-31;2*1-2/h3-4,6-7,9-10,16,24,37H,5,8,11-15,18-20H2,1-2H3;1-2H3;2H2,1H3. The van der Waals surface area contributed by atoms with Crippen molar-refractivity contribution in [3.05, 3.63) is 69.9 Å². The third-order valence-electron chi connectivity index (χ3n) is 7.57. The van der Waals surface area contributed by atoms with Crippen LogP contribution in [0.5, 0.6) is 0 Å². The first-order valence-corrected chi connectivity index (χ1v) is 15.1. The SMILES string of the molecule is CC.CN.Cc1cc(-c2nn(CC(O)CN3CCN(c4ccccc4C#N)CC3)c3c2CN(C)CCC3)ccc1Cl. The van der Waals surface area contributed by atoms with Gasteiger partial charge >= 0.3 is 0 Å². The molecule has 0 radical (unpaired) electrons. The van der Waals surface area contributed by atoms with Crippen molar-refractivity contribution in [3.8, 4) is 17.3 Å². The van der Waals surface area contributed by atoms with Crippen molar-refractivity contribution in [2.45, 2.75) is 52.8 Å². The molecule has 8 nitrogen and oxygen atoms in total. The molecule has 2 aliphatic heterocycles. The molecule has 0 saturated carbocycles. The lowest BCUT2D eigenvalue weighted by atomic mass is 10.0. The molecule has 1 fully saturated rings. The van der Waals surface area contributed by atoms with Gasteiger partial charge in [-0.3, -0.25) is 9.58 Å². The number of piperazine rings is 1. The highest BCUT2D eigenvalue weighted by molar-refractivity contribution is 6.31. The highest BCUT2D eigenvalue weighted by Gasteiger charge is 2.26. The quantitative estimate of drug-likeness (QED) is 0.442. The van der Waals surface area contributed by atoms with E-state index in [4.69, 9.17) is 16.7 Å². The lowest BCUT2D eigenvalue weighted by molar-refractivity contribution is 0.0913. The number of anilines is 1. The van der Waals surface area contributed by atoms with Crippen LogP contribution in [0.3, 0.4) is 0 Å². The Bertz CT molecular complexity index is 1290. The Balaban J connectivity index is 0.00000111. The number of aliphatic hydroxyl groups is 1. The summed E-state index contributed by atoms with van der Waals surface area (Å²) in [6.07, 6.45) is 1.53. The summed E-state index contributed by atoms with van der Waals surface area (Å²) in [7, 11) is 3.66. The Labute approximate surface area is 250 Å². The highest BCUT2D eigenvalue weighted by atomic mass is 35.5. The number of nitrogens with zero attached hydrogens (tertiary/aromatic N) is 6. The van der Waals surface area contributed by atoms with E-state index in [-0.39, 0.29) is 0 Å². The minimum Gasteiger partial charge on any atom is -0.390 e. The van der Waals surface area contributed by atoms with Gasteiger partial charge in [-0.05, 0) is 70.2 Å². The van der Waals surface area contributed by atoms with E-state index < -0.39 is 6.10 Å². The van der Waals surface area contributed by atoms with E-state index in [2.05, 4.69) is 44.3 Å². The smallest absolute Gasteiger partial charge is 0.101 e. The number of aryl methyl sites for hydroxylation is 1. The highest BCUT2D eigenvalue weighted by Crippen LogP contribution is 2.32. The molecule has 5 rings (SSSR count). The summed E-state index contributed by atoms with van der Waals surface area (Å²) < 4.78 is 2.05. The molecule has 2 aliphatic rings. The molecule has 3 heterocycles. The van der Waals surface area contributed by atoms with Gasteiger partial charge in [0.2, 0.25) is 0 Å². The van der Waals surface area contributed by atoms with Crippen LogP contribution in [0, 0.1) is 18.3 Å². The van der Waals surface area contributed by atoms with Crippen molar-refractivity contribution in [2.75, 3.05) is 58.3 Å². The van der Waals surface area contributed by atoms with E-state index in [0.717, 1.165) is 79.6 Å². The molecule has 9 heteroatoms. The zero-order valence-corrected chi connectivity index (χ0v) is 26.0. The van der Waals surface area contributed by atoms with Crippen molar-refractivity contribution in [1.29, 1.82) is 5.26 Å². The maximum Gasteiger partial charge on any atom is 0.101 e. The molecule has 1 aromatic heterocycles. The molecule has 0 amide bonds. The van der Waals surface area contributed by atoms with E-state index in [9.17, 15) is 10.4 Å². The number of para-hydroxylation sites is 1. The van der Waals surface area contributed by atoms with Crippen LogP contribution in [0.2, 0.25) is 5.02 Å². The molecule has 2 aromatic carbocycles. The predicted molar refractivity (Wildman–Crippen MR) is 169 cm³/mol. The second-order valence-corrected chi connectivity index (χ2v) is 10.7. The summed E-state index contributed by atoms with van der Waals surface area (Å²) in [5.74, 6) is 0. The number of aromatic nitrogens is 2. The lowest BCUT2D eigenvalue weighted by Gasteiger charge is -2.37. The monoisotopic (exact) mass is 579 g/mol. The van der Waals surface area contributed by atoms with Crippen LogP contribution in [0.4, 0.5) is 5.69 Å². The number of nitriles is 1. The number of benzene rings is 2. The van der Waals surface area contributed by atoms with Gasteiger partial charge in [-0.1, -0.05) is 43.6 Å². The maximum atomic E-state index is 11.1. The van der Waals surface area contributed by atoms with Gasteiger partial charge < -0.3 is 20.6 Å². The Morgan fingerprint density at radius 2 is 1.76 bits per heavy atom. The zero-order chi connectivity index (χ0) is 29.9. The molecular weight excluding hydrogens is 534 g/mol. The molecule has 0 spiro atoms. The molecule has 0 bridgehead atoms. The van der Waals surface area contributed by atoms with Crippen molar-refractivity contribution in [3.63, 3.8) is 0 Å². The molecule has 1 saturated heterocycles. The first-order valence-electron chi connectivity index (χ1n) is 14.7. The first kappa shape index (κ1) is 32.6. The number of fused-ring (bicyclic) bond motifs is 1. The number of nitrogens with two attached hydrogens (primary N) is 1. The van der Waals surface area contributed by atoms with Crippen LogP contribution in [-0.2, 0) is 19.5 Å².